The number of halogens is 1. The fraction of sp³-hybridized carbons (Fsp3) is 0.273. The minimum atomic E-state index is -0.949. The minimum Gasteiger partial charge on any atom is -0.508 e. The molecule has 2 unspecified atom stereocenters. The second-order valence-corrected chi connectivity index (χ2v) is 7.49. The van der Waals surface area contributed by atoms with Crippen LogP contribution in [-0.2, 0) is 4.79 Å². The van der Waals surface area contributed by atoms with E-state index in [1.165, 1.54) is 16.7 Å². The van der Waals surface area contributed by atoms with Crippen LogP contribution in [-0.4, -0.2) is 26.7 Å². The molecule has 0 aliphatic carbocycles. The third-order valence-corrected chi connectivity index (χ3v) is 5.54. The zero-order chi connectivity index (χ0) is 20.6. The summed E-state index contributed by atoms with van der Waals surface area (Å²) in [7, 11) is 0. The highest BCUT2D eigenvalue weighted by atomic mass is 35.5. The van der Waals surface area contributed by atoms with Gasteiger partial charge in [0.2, 0.25) is 0 Å². The molecule has 0 fully saturated rings. The maximum absolute atomic E-state index is 13.3. The largest absolute Gasteiger partial charge is 0.508 e. The van der Waals surface area contributed by atoms with Crippen molar-refractivity contribution in [2.45, 2.75) is 33.1 Å². The average molecular weight is 400 g/mol. The van der Waals surface area contributed by atoms with Gasteiger partial charge in [-0.05, 0) is 54.8 Å². The first-order chi connectivity index (χ1) is 13.3. The summed E-state index contributed by atoms with van der Waals surface area (Å²) < 4.78 is 1.51. The van der Waals surface area contributed by atoms with Crippen LogP contribution in [0.25, 0.3) is 10.9 Å². The van der Waals surface area contributed by atoms with Crippen LogP contribution >= 0.6 is 11.6 Å². The number of carbonyl (C=O) groups excluding carboxylic acids is 1. The fourth-order valence-corrected chi connectivity index (χ4v) is 3.91. The molecule has 0 radical (unpaired) electrons. The highest BCUT2D eigenvalue weighted by Crippen LogP contribution is 2.38. The van der Waals surface area contributed by atoms with Gasteiger partial charge >= 0.3 is 5.97 Å². The number of aromatic hydroxyl groups is 1. The molecule has 0 bridgehead atoms. The van der Waals surface area contributed by atoms with Crippen LogP contribution in [0.15, 0.2) is 42.5 Å². The van der Waals surface area contributed by atoms with Crippen molar-refractivity contribution >= 4 is 34.4 Å². The van der Waals surface area contributed by atoms with E-state index in [1.54, 1.807) is 37.3 Å². The number of aliphatic carboxylic acids is 1. The zero-order valence-corrected chi connectivity index (χ0v) is 16.7. The van der Waals surface area contributed by atoms with E-state index in [-0.39, 0.29) is 17.6 Å². The molecule has 0 aliphatic heterocycles. The SMILES string of the molecule is CCC(C)C(C(=O)O)c1c(C)n(C(=O)c2cccc(Cl)c2)c2ccc(O)cc12. The molecule has 3 aromatic rings. The lowest BCUT2D eigenvalue weighted by Crippen LogP contribution is -2.21. The van der Waals surface area contributed by atoms with Gasteiger partial charge in [0.1, 0.15) is 5.75 Å². The van der Waals surface area contributed by atoms with Gasteiger partial charge in [0, 0.05) is 21.7 Å². The second-order valence-electron chi connectivity index (χ2n) is 7.05. The van der Waals surface area contributed by atoms with E-state index in [0.29, 0.717) is 39.2 Å². The Kier molecular flexibility index (Phi) is 5.47. The number of hydrogen-bond donors (Lipinski definition) is 2. The molecule has 6 heteroatoms. The Bertz CT molecular complexity index is 1070. The molecule has 0 saturated carbocycles. The quantitative estimate of drug-likeness (QED) is 0.617. The van der Waals surface area contributed by atoms with Crippen LogP contribution < -0.4 is 0 Å². The van der Waals surface area contributed by atoms with Crippen LogP contribution in [0.2, 0.25) is 5.02 Å². The number of carboxylic acids is 1. The van der Waals surface area contributed by atoms with Crippen molar-refractivity contribution in [3.05, 3.63) is 64.3 Å². The minimum absolute atomic E-state index is 0.0226. The average Bonchev–Trinajstić information content (AvgIpc) is 2.92. The van der Waals surface area contributed by atoms with Gasteiger partial charge < -0.3 is 10.2 Å². The lowest BCUT2D eigenvalue weighted by atomic mass is 9.84. The van der Waals surface area contributed by atoms with Gasteiger partial charge in [-0.25, -0.2) is 0 Å². The molecule has 0 spiro atoms. The van der Waals surface area contributed by atoms with Crippen LogP contribution in [0.5, 0.6) is 5.75 Å². The molecule has 2 atom stereocenters. The molecule has 2 N–H and O–H groups in total. The predicted molar refractivity (Wildman–Crippen MR) is 109 cm³/mol. The number of rotatable bonds is 5. The molecular weight excluding hydrogens is 378 g/mol. The van der Waals surface area contributed by atoms with E-state index in [0.717, 1.165) is 0 Å². The summed E-state index contributed by atoms with van der Waals surface area (Å²) in [6.45, 7) is 5.56. The van der Waals surface area contributed by atoms with Crippen molar-refractivity contribution in [3.63, 3.8) is 0 Å². The number of hydrogen-bond acceptors (Lipinski definition) is 3. The van der Waals surface area contributed by atoms with Gasteiger partial charge in [0.25, 0.3) is 5.91 Å². The number of carboxylic acid groups (broad SMARTS) is 1. The Morgan fingerprint density at radius 3 is 2.50 bits per heavy atom. The van der Waals surface area contributed by atoms with Crippen molar-refractivity contribution in [3.8, 4) is 5.75 Å². The van der Waals surface area contributed by atoms with Crippen LogP contribution in [0, 0.1) is 12.8 Å². The first-order valence-electron chi connectivity index (χ1n) is 9.13. The number of aromatic nitrogens is 1. The summed E-state index contributed by atoms with van der Waals surface area (Å²) in [5.41, 5.74) is 2.08. The third kappa shape index (κ3) is 3.38. The lowest BCUT2D eigenvalue weighted by molar-refractivity contribution is -0.140. The van der Waals surface area contributed by atoms with E-state index in [4.69, 9.17) is 11.6 Å². The number of carbonyl (C=O) groups is 2. The number of fused-ring (bicyclic) bond motifs is 1. The Morgan fingerprint density at radius 1 is 1.18 bits per heavy atom. The summed E-state index contributed by atoms with van der Waals surface area (Å²) in [6.07, 6.45) is 0.671. The van der Waals surface area contributed by atoms with Gasteiger partial charge in [-0.3, -0.25) is 14.2 Å². The number of phenols is 1. The third-order valence-electron chi connectivity index (χ3n) is 5.30. The molecule has 3 rings (SSSR count). The van der Waals surface area contributed by atoms with Gasteiger partial charge in [-0.1, -0.05) is 37.9 Å². The van der Waals surface area contributed by atoms with Gasteiger partial charge in [-0.2, -0.15) is 0 Å². The summed E-state index contributed by atoms with van der Waals surface area (Å²) >= 11 is 6.04. The van der Waals surface area contributed by atoms with Gasteiger partial charge in [0.15, 0.2) is 0 Å². The summed E-state index contributed by atoms with van der Waals surface area (Å²) in [5.74, 6) is -2.15. The van der Waals surface area contributed by atoms with E-state index in [9.17, 15) is 19.8 Å². The number of nitrogens with zero attached hydrogens (tertiary/aromatic N) is 1. The first-order valence-corrected chi connectivity index (χ1v) is 9.51. The molecule has 0 amide bonds. The summed E-state index contributed by atoms with van der Waals surface area (Å²) in [5, 5.41) is 20.9. The van der Waals surface area contributed by atoms with Crippen molar-refractivity contribution in [1.29, 1.82) is 0 Å². The lowest BCUT2D eigenvalue weighted by Gasteiger charge is -2.20. The van der Waals surface area contributed by atoms with Crippen LogP contribution in [0.1, 0.15) is 47.8 Å². The molecular formula is C22H22ClNO4. The van der Waals surface area contributed by atoms with Crippen molar-refractivity contribution in [2.24, 2.45) is 5.92 Å². The molecule has 1 aromatic heterocycles. The van der Waals surface area contributed by atoms with Gasteiger partial charge in [-0.15, -0.1) is 0 Å². The Balaban J connectivity index is 2.32. The molecule has 2 aromatic carbocycles. The summed E-state index contributed by atoms with van der Waals surface area (Å²) in [4.78, 5) is 25.4. The van der Waals surface area contributed by atoms with E-state index >= 15 is 0 Å². The summed E-state index contributed by atoms with van der Waals surface area (Å²) in [6, 6.07) is 11.3. The maximum Gasteiger partial charge on any atom is 0.311 e. The topological polar surface area (TPSA) is 79.5 Å². The number of benzene rings is 2. The van der Waals surface area contributed by atoms with E-state index < -0.39 is 11.9 Å². The highest BCUT2D eigenvalue weighted by Gasteiger charge is 2.32. The first kappa shape index (κ1) is 20.0. The Labute approximate surface area is 168 Å². The molecule has 5 nitrogen and oxygen atoms in total. The van der Waals surface area contributed by atoms with Crippen LogP contribution in [0.4, 0.5) is 0 Å². The normalized spacial score (nSPS) is 13.4. The van der Waals surface area contributed by atoms with Gasteiger partial charge in [0.05, 0.1) is 11.4 Å². The Morgan fingerprint density at radius 2 is 1.89 bits per heavy atom. The second kappa shape index (κ2) is 7.68. The molecule has 0 saturated heterocycles. The molecule has 1 heterocycles. The zero-order valence-electron chi connectivity index (χ0n) is 15.9. The molecule has 28 heavy (non-hydrogen) atoms. The van der Waals surface area contributed by atoms with Crippen molar-refractivity contribution in [1.82, 2.24) is 4.57 Å². The standard InChI is InChI=1S/C22H22ClNO4/c1-4-12(2)19(22(27)28)20-13(3)24(18-9-8-16(25)11-17(18)20)21(26)14-6-5-7-15(23)10-14/h5-12,19,25H,4H2,1-3H3,(H,27,28). The van der Waals surface area contributed by atoms with Crippen molar-refractivity contribution < 1.29 is 19.8 Å². The Hall–Kier alpha value is -2.79. The predicted octanol–water partition coefficient (Wildman–Crippen LogP) is 5.21. The number of phenolic OH excluding ortho intramolecular Hbond substituents is 1. The molecule has 146 valence electrons. The van der Waals surface area contributed by atoms with E-state index in [2.05, 4.69) is 0 Å². The maximum atomic E-state index is 13.3. The molecule has 0 aliphatic rings. The monoisotopic (exact) mass is 399 g/mol. The fourth-order valence-electron chi connectivity index (χ4n) is 3.72. The smallest absolute Gasteiger partial charge is 0.311 e. The van der Waals surface area contributed by atoms with E-state index in [1.807, 2.05) is 13.8 Å². The van der Waals surface area contributed by atoms with Crippen LogP contribution in [0.3, 0.4) is 0 Å². The highest BCUT2D eigenvalue weighted by molar-refractivity contribution is 6.31. The van der Waals surface area contributed by atoms with Crippen molar-refractivity contribution in [2.75, 3.05) is 0 Å².